The second-order valence-corrected chi connectivity index (χ2v) is 4.75. The number of carbonyl (C=O) groups is 1. The maximum Gasteiger partial charge on any atom is 0.313 e. The maximum atomic E-state index is 11.2. The van der Waals surface area contributed by atoms with Gasteiger partial charge in [0.05, 0.1) is 5.41 Å². The molecule has 14 heavy (non-hydrogen) atoms. The molecule has 3 heteroatoms. The van der Waals surface area contributed by atoms with Gasteiger partial charge in [0.1, 0.15) is 0 Å². The molecule has 0 saturated carbocycles. The van der Waals surface area contributed by atoms with Crippen molar-refractivity contribution in [2.75, 3.05) is 0 Å². The lowest BCUT2D eigenvalue weighted by molar-refractivity contribution is -0.143. The van der Waals surface area contributed by atoms with Crippen molar-refractivity contribution in [3.8, 4) is 0 Å². The van der Waals surface area contributed by atoms with Crippen molar-refractivity contribution in [3.63, 3.8) is 0 Å². The van der Waals surface area contributed by atoms with Gasteiger partial charge in [0.15, 0.2) is 0 Å². The number of aliphatic carboxylic acids is 1. The van der Waals surface area contributed by atoms with E-state index in [1.165, 1.54) is 0 Å². The summed E-state index contributed by atoms with van der Waals surface area (Å²) in [5, 5.41) is 9.17. The van der Waals surface area contributed by atoms with E-state index in [1.54, 1.807) is 6.92 Å². The Morgan fingerprint density at radius 3 is 2.64 bits per heavy atom. The molecule has 0 saturated heterocycles. The van der Waals surface area contributed by atoms with Gasteiger partial charge in [0, 0.05) is 3.57 Å². The highest BCUT2D eigenvalue weighted by molar-refractivity contribution is 14.1. The van der Waals surface area contributed by atoms with Gasteiger partial charge in [0.2, 0.25) is 0 Å². The van der Waals surface area contributed by atoms with Crippen molar-refractivity contribution >= 4 is 28.6 Å². The van der Waals surface area contributed by atoms with Crippen LogP contribution in [0.2, 0.25) is 0 Å². The number of hydrogen-bond acceptors (Lipinski definition) is 1. The molecule has 2 nitrogen and oxygen atoms in total. The van der Waals surface area contributed by atoms with E-state index in [1.807, 2.05) is 31.2 Å². The van der Waals surface area contributed by atoms with Crippen LogP contribution in [0.25, 0.3) is 0 Å². The average molecular weight is 304 g/mol. The summed E-state index contributed by atoms with van der Waals surface area (Å²) in [5.74, 6) is -0.762. The zero-order valence-electron chi connectivity index (χ0n) is 8.25. The first-order valence-corrected chi connectivity index (χ1v) is 5.58. The highest BCUT2D eigenvalue weighted by Gasteiger charge is 2.32. The number of hydrogen-bond donors (Lipinski definition) is 1. The number of benzene rings is 1. The Kier molecular flexibility index (Phi) is 3.53. The van der Waals surface area contributed by atoms with Crippen LogP contribution in [0.3, 0.4) is 0 Å². The molecule has 0 spiro atoms. The van der Waals surface area contributed by atoms with Crippen molar-refractivity contribution < 1.29 is 9.90 Å². The van der Waals surface area contributed by atoms with Gasteiger partial charge in [-0.05, 0) is 53.6 Å². The molecule has 0 heterocycles. The highest BCUT2D eigenvalue weighted by Crippen LogP contribution is 2.28. The van der Waals surface area contributed by atoms with Gasteiger partial charge in [-0.15, -0.1) is 0 Å². The van der Waals surface area contributed by atoms with Crippen molar-refractivity contribution in [1.29, 1.82) is 0 Å². The normalized spacial score (nSPS) is 14.8. The monoisotopic (exact) mass is 304 g/mol. The van der Waals surface area contributed by atoms with E-state index in [2.05, 4.69) is 22.6 Å². The Labute approximate surface area is 97.5 Å². The number of halogens is 1. The first kappa shape index (κ1) is 11.5. The molecular weight excluding hydrogens is 291 g/mol. The number of carboxylic acids is 1. The molecule has 1 unspecified atom stereocenters. The molecule has 0 aliphatic carbocycles. The molecule has 1 atom stereocenters. The first-order chi connectivity index (χ1) is 6.50. The summed E-state index contributed by atoms with van der Waals surface area (Å²) in [5.41, 5.74) is 0.112. The topological polar surface area (TPSA) is 37.3 Å². The lowest BCUT2D eigenvalue weighted by atomic mass is 9.80. The van der Waals surface area contributed by atoms with Crippen molar-refractivity contribution in [2.45, 2.75) is 25.7 Å². The van der Waals surface area contributed by atoms with Gasteiger partial charge in [0.25, 0.3) is 0 Å². The van der Waals surface area contributed by atoms with Crippen molar-refractivity contribution in [3.05, 3.63) is 33.4 Å². The summed E-state index contributed by atoms with van der Waals surface area (Å²) in [4.78, 5) is 11.2. The molecule has 0 bridgehead atoms. The van der Waals surface area contributed by atoms with Crippen molar-refractivity contribution in [1.82, 2.24) is 0 Å². The minimum atomic E-state index is -0.763. The summed E-state index contributed by atoms with van der Waals surface area (Å²) < 4.78 is 1.07. The van der Waals surface area contributed by atoms with Crippen molar-refractivity contribution in [2.24, 2.45) is 0 Å². The maximum absolute atomic E-state index is 11.2. The third-order valence-electron chi connectivity index (χ3n) is 2.64. The smallest absolute Gasteiger partial charge is 0.313 e. The van der Waals surface area contributed by atoms with E-state index in [0.29, 0.717) is 6.42 Å². The van der Waals surface area contributed by atoms with Gasteiger partial charge < -0.3 is 5.11 Å². The van der Waals surface area contributed by atoms with E-state index in [-0.39, 0.29) is 0 Å². The number of carboxylic acid groups (broad SMARTS) is 1. The second kappa shape index (κ2) is 4.29. The van der Waals surface area contributed by atoms with Crippen LogP contribution < -0.4 is 0 Å². The summed E-state index contributed by atoms with van der Waals surface area (Å²) in [6, 6.07) is 7.66. The van der Waals surface area contributed by atoms with E-state index >= 15 is 0 Å². The molecule has 76 valence electrons. The fourth-order valence-corrected chi connectivity index (χ4v) is 1.85. The largest absolute Gasteiger partial charge is 0.481 e. The Morgan fingerprint density at radius 1 is 1.57 bits per heavy atom. The minimum absolute atomic E-state index is 0.600. The summed E-state index contributed by atoms with van der Waals surface area (Å²) >= 11 is 2.19. The molecule has 0 fully saturated rings. The predicted octanol–water partition coefficient (Wildman–Crippen LogP) is 3.04. The Bertz CT molecular complexity index is 349. The SMILES string of the molecule is CCC(C)(C(=O)O)c1cccc(I)c1. The molecule has 1 rings (SSSR count). The lowest BCUT2D eigenvalue weighted by Gasteiger charge is -2.23. The highest BCUT2D eigenvalue weighted by atomic mass is 127. The standard InChI is InChI=1S/C11H13IO2/c1-3-11(2,10(13)14)8-5-4-6-9(12)7-8/h4-7H,3H2,1-2H3,(H,13,14). The van der Waals surface area contributed by atoms with Crippen LogP contribution in [0, 0.1) is 3.57 Å². The molecule has 0 radical (unpaired) electrons. The van der Waals surface area contributed by atoms with Gasteiger partial charge >= 0.3 is 5.97 Å². The molecule has 0 amide bonds. The lowest BCUT2D eigenvalue weighted by Crippen LogP contribution is -2.31. The molecule has 0 aliphatic heterocycles. The minimum Gasteiger partial charge on any atom is -0.481 e. The van der Waals surface area contributed by atoms with E-state index in [4.69, 9.17) is 0 Å². The van der Waals surface area contributed by atoms with Crippen LogP contribution in [-0.2, 0) is 10.2 Å². The van der Waals surface area contributed by atoms with Gasteiger partial charge in [-0.2, -0.15) is 0 Å². The van der Waals surface area contributed by atoms with E-state index in [9.17, 15) is 9.90 Å². The molecule has 1 aromatic rings. The summed E-state index contributed by atoms with van der Waals surface area (Å²) in [6.45, 7) is 3.66. The van der Waals surface area contributed by atoms with Gasteiger partial charge in [-0.3, -0.25) is 4.79 Å². The molecular formula is C11H13IO2. The summed E-state index contributed by atoms with van der Waals surface area (Å²) in [7, 11) is 0. The third kappa shape index (κ3) is 2.08. The van der Waals surface area contributed by atoms with Crippen LogP contribution >= 0.6 is 22.6 Å². The zero-order valence-corrected chi connectivity index (χ0v) is 10.4. The zero-order chi connectivity index (χ0) is 10.8. The van der Waals surface area contributed by atoms with E-state index in [0.717, 1.165) is 9.13 Å². The van der Waals surface area contributed by atoms with Crippen LogP contribution in [0.4, 0.5) is 0 Å². The Morgan fingerprint density at radius 2 is 2.21 bits per heavy atom. The quantitative estimate of drug-likeness (QED) is 0.872. The average Bonchev–Trinajstić information content (AvgIpc) is 2.16. The van der Waals surface area contributed by atoms with E-state index < -0.39 is 11.4 Å². The molecule has 0 aromatic heterocycles. The van der Waals surface area contributed by atoms with Gasteiger partial charge in [-0.1, -0.05) is 19.1 Å². The van der Waals surface area contributed by atoms with Crippen LogP contribution in [-0.4, -0.2) is 11.1 Å². The van der Waals surface area contributed by atoms with Crippen LogP contribution in [0.15, 0.2) is 24.3 Å². The number of rotatable bonds is 3. The molecule has 0 aliphatic rings. The fraction of sp³-hybridized carbons (Fsp3) is 0.364. The fourth-order valence-electron chi connectivity index (χ4n) is 1.31. The molecule has 1 aromatic carbocycles. The van der Waals surface area contributed by atoms with Gasteiger partial charge in [-0.25, -0.2) is 0 Å². The van der Waals surface area contributed by atoms with Crippen LogP contribution in [0.1, 0.15) is 25.8 Å². The summed E-state index contributed by atoms with van der Waals surface area (Å²) in [6.07, 6.45) is 0.600. The third-order valence-corrected chi connectivity index (χ3v) is 3.31. The Hall–Kier alpha value is -0.580. The van der Waals surface area contributed by atoms with Crippen LogP contribution in [0.5, 0.6) is 0 Å². The predicted molar refractivity (Wildman–Crippen MR) is 64.4 cm³/mol. The Balaban J connectivity index is 3.19. The second-order valence-electron chi connectivity index (χ2n) is 3.50. The first-order valence-electron chi connectivity index (χ1n) is 4.50. The molecule has 1 N–H and O–H groups in total.